The van der Waals surface area contributed by atoms with Gasteiger partial charge in [-0.1, -0.05) is 35.9 Å². The van der Waals surface area contributed by atoms with Crippen molar-refractivity contribution in [3.05, 3.63) is 75.5 Å². The highest BCUT2D eigenvalue weighted by molar-refractivity contribution is 7.15. The summed E-state index contributed by atoms with van der Waals surface area (Å²) in [6, 6.07) is 12.7. The number of hydrogen-bond donors (Lipinski definition) is 2. The Morgan fingerprint density at radius 1 is 1.17 bits per heavy atom. The number of fused-ring (bicyclic) bond motifs is 1. The normalized spacial score (nSPS) is 13.5. The zero-order valence-corrected chi connectivity index (χ0v) is 17.7. The van der Waals surface area contributed by atoms with E-state index in [4.69, 9.17) is 11.6 Å². The van der Waals surface area contributed by atoms with E-state index in [1.807, 2.05) is 24.3 Å². The van der Waals surface area contributed by atoms with Crippen LogP contribution < -0.4 is 10.6 Å². The Balaban J connectivity index is 1.31. The van der Waals surface area contributed by atoms with E-state index in [1.165, 1.54) is 11.3 Å². The second-order valence-corrected chi connectivity index (χ2v) is 8.38. The maximum atomic E-state index is 12.3. The van der Waals surface area contributed by atoms with Crippen LogP contribution in [0.25, 0.3) is 0 Å². The summed E-state index contributed by atoms with van der Waals surface area (Å²) in [4.78, 5) is 36.3. The first-order valence-corrected chi connectivity index (χ1v) is 10.7. The van der Waals surface area contributed by atoms with Gasteiger partial charge in [0.05, 0.1) is 12.2 Å². The van der Waals surface area contributed by atoms with Crippen LogP contribution in [-0.2, 0) is 24.3 Å². The van der Waals surface area contributed by atoms with Crippen molar-refractivity contribution in [1.82, 2.24) is 20.2 Å². The molecule has 9 heteroatoms. The smallest absolute Gasteiger partial charge is 0.276 e. The van der Waals surface area contributed by atoms with Crippen molar-refractivity contribution >= 4 is 39.9 Å². The Hall–Kier alpha value is -2.81. The van der Waals surface area contributed by atoms with Crippen LogP contribution in [0.4, 0.5) is 5.13 Å². The van der Waals surface area contributed by atoms with Crippen molar-refractivity contribution in [2.45, 2.75) is 19.5 Å². The van der Waals surface area contributed by atoms with E-state index in [0.29, 0.717) is 35.5 Å². The summed E-state index contributed by atoms with van der Waals surface area (Å²) in [5.41, 5.74) is 2.22. The minimum atomic E-state index is -0.280. The molecule has 2 aromatic heterocycles. The summed E-state index contributed by atoms with van der Waals surface area (Å²) >= 11 is 7.57. The predicted octanol–water partition coefficient (Wildman–Crippen LogP) is 3.12. The fourth-order valence-electron chi connectivity index (χ4n) is 3.19. The molecular weight excluding hydrogens is 422 g/mol. The third kappa shape index (κ3) is 5.02. The summed E-state index contributed by atoms with van der Waals surface area (Å²) in [7, 11) is 0. The molecule has 3 heterocycles. The van der Waals surface area contributed by atoms with Crippen molar-refractivity contribution in [1.29, 1.82) is 0 Å². The number of halogens is 1. The zero-order valence-electron chi connectivity index (χ0n) is 16.1. The van der Waals surface area contributed by atoms with Gasteiger partial charge in [-0.15, -0.1) is 11.3 Å². The van der Waals surface area contributed by atoms with Crippen LogP contribution in [0.2, 0.25) is 5.02 Å². The van der Waals surface area contributed by atoms with Gasteiger partial charge in [0, 0.05) is 42.2 Å². The lowest BCUT2D eigenvalue weighted by Gasteiger charge is -2.25. The average molecular weight is 442 g/mol. The van der Waals surface area contributed by atoms with E-state index >= 15 is 0 Å². The van der Waals surface area contributed by atoms with Crippen LogP contribution in [-0.4, -0.2) is 39.8 Å². The second kappa shape index (κ2) is 9.34. The van der Waals surface area contributed by atoms with Gasteiger partial charge in [0.1, 0.15) is 5.69 Å². The van der Waals surface area contributed by atoms with Crippen LogP contribution >= 0.6 is 22.9 Å². The van der Waals surface area contributed by atoms with E-state index in [9.17, 15) is 9.59 Å². The molecule has 154 valence electrons. The molecule has 0 saturated carbocycles. The number of thiazole rings is 1. The van der Waals surface area contributed by atoms with Gasteiger partial charge in [-0.25, -0.2) is 4.98 Å². The number of hydrogen-bond acceptors (Lipinski definition) is 6. The molecule has 2 N–H and O–H groups in total. The van der Waals surface area contributed by atoms with E-state index in [1.54, 1.807) is 24.4 Å². The first kappa shape index (κ1) is 20.5. The zero-order chi connectivity index (χ0) is 20.9. The number of nitrogens with one attached hydrogen (secondary N) is 2. The highest BCUT2D eigenvalue weighted by Crippen LogP contribution is 2.28. The summed E-state index contributed by atoms with van der Waals surface area (Å²) in [6.45, 7) is 2.08. The molecule has 0 atom stereocenters. The van der Waals surface area contributed by atoms with Crippen molar-refractivity contribution in [3.8, 4) is 0 Å². The van der Waals surface area contributed by atoms with Gasteiger partial charge in [0.25, 0.3) is 5.91 Å². The molecule has 0 radical (unpaired) electrons. The predicted molar refractivity (Wildman–Crippen MR) is 117 cm³/mol. The van der Waals surface area contributed by atoms with Gasteiger partial charge < -0.3 is 5.32 Å². The number of pyridine rings is 1. The molecule has 0 unspecified atom stereocenters. The lowest BCUT2D eigenvalue weighted by atomic mass is 10.2. The van der Waals surface area contributed by atoms with E-state index in [-0.39, 0.29) is 11.8 Å². The summed E-state index contributed by atoms with van der Waals surface area (Å²) in [5.74, 6) is -0.330. The lowest BCUT2D eigenvalue weighted by molar-refractivity contribution is -0.122. The number of nitrogens with zero attached hydrogens (tertiary/aromatic N) is 3. The van der Waals surface area contributed by atoms with Crippen LogP contribution in [0.15, 0.2) is 48.7 Å². The number of benzene rings is 1. The number of carbonyl (C=O) groups excluding carboxylic acids is 2. The van der Waals surface area contributed by atoms with Gasteiger partial charge in [0.15, 0.2) is 5.13 Å². The topological polar surface area (TPSA) is 87.2 Å². The van der Waals surface area contributed by atoms with Crippen molar-refractivity contribution in [2.24, 2.45) is 0 Å². The molecule has 0 spiro atoms. The molecule has 0 fully saturated rings. The van der Waals surface area contributed by atoms with E-state index in [0.717, 1.165) is 29.1 Å². The van der Waals surface area contributed by atoms with Gasteiger partial charge in [0.2, 0.25) is 5.91 Å². The number of rotatable bonds is 6. The number of carbonyl (C=O) groups is 2. The Bertz CT molecular complexity index is 1060. The minimum Gasteiger partial charge on any atom is -0.351 e. The van der Waals surface area contributed by atoms with Crippen LogP contribution in [0.1, 0.15) is 26.6 Å². The Kier molecular flexibility index (Phi) is 6.37. The first-order chi connectivity index (χ1) is 14.6. The standard InChI is InChI=1S/C21H20ClN5O2S/c22-15-6-2-1-5-14(15)11-24-19(28)13-27-10-8-16-18(12-27)30-21(25-16)26-20(29)17-7-3-4-9-23-17/h1-7,9H,8,10-13H2,(H,24,28)(H,25,26,29). The van der Waals surface area contributed by atoms with Crippen LogP contribution in [0.3, 0.4) is 0 Å². The quantitative estimate of drug-likeness (QED) is 0.613. The Morgan fingerprint density at radius 2 is 2.00 bits per heavy atom. The molecule has 30 heavy (non-hydrogen) atoms. The van der Waals surface area contributed by atoms with Gasteiger partial charge in [-0.05, 0) is 23.8 Å². The lowest BCUT2D eigenvalue weighted by Crippen LogP contribution is -2.39. The second-order valence-electron chi connectivity index (χ2n) is 6.89. The molecule has 0 aliphatic carbocycles. The molecule has 1 aromatic carbocycles. The van der Waals surface area contributed by atoms with Crippen LogP contribution in [0, 0.1) is 0 Å². The van der Waals surface area contributed by atoms with Crippen molar-refractivity contribution in [3.63, 3.8) is 0 Å². The van der Waals surface area contributed by atoms with Crippen molar-refractivity contribution < 1.29 is 9.59 Å². The third-order valence-corrected chi connectivity index (χ3v) is 6.10. The molecule has 4 rings (SSSR count). The monoisotopic (exact) mass is 441 g/mol. The molecular formula is C21H20ClN5O2S. The van der Waals surface area contributed by atoms with Crippen LogP contribution in [0.5, 0.6) is 0 Å². The fraction of sp³-hybridized carbons (Fsp3) is 0.238. The highest BCUT2D eigenvalue weighted by atomic mass is 35.5. The largest absolute Gasteiger partial charge is 0.351 e. The molecule has 0 bridgehead atoms. The molecule has 2 amide bonds. The molecule has 1 aliphatic rings. The first-order valence-electron chi connectivity index (χ1n) is 9.52. The maximum Gasteiger partial charge on any atom is 0.276 e. The Morgan fingerprint density at radius 3 is 2.80 bits per heavy atom. The molecule has 1 aliphatic heterocycles. The van der Waals surface area contributed by atoms with Gasteiger partial charge >= 0.3 is 0 Å². The summed E-state index contributed by atoms with van der Waals surface area (Å²) < 4.78 is 0. The number of anilines is 1. The van der Waals surface area contributed by atoms with Gasteiger partial charge in [-0.3, -0.25) is 24.8 Å². The van der Waals surface area contributed by atoms with E-state index < -0.39 is 0 Å². The summed E-state index contributed by atoms with van der Waals surface area (Å²) in [6.07, 6.45) is 2.32. The third-order valence-electron chi connectivity index (χ3n) is 4.73. The number of aromatic nitrogens is 2. The molecule has 7 nitrogen and oxygen atoms in total. The Labute approximate surface area is 183 Å². The minimum absolute atomic E-state index is 0.0495. The SMILES string of the molecule is O=C(CN1CCc2nc(NC(=O)c3ccccn3)sc2C1)NCc1ccccc1Cl. The number of amides is 2. The van der Waals surface area contributed by atoms with Gasteiger partial charge in [-0.2, -0.15) is 0 Å². The molecule has 0 saturated heterocycles. The van der Waals surface area contributed by atoms with E-state index in [2.05, 4.69) is 25.5 Å². The average Bonchev–Trinajstić information content (AvgIpc) is 3.15. The fourth-order valence-corrected chi connectivity index (χ4v) is 4.44. The molecule has 3 aromatic rings. The maximum absolute atomic E-state index is 12.3. The van der Waals surface area contributed by atoms with Crippen molar-refractivity contribution in [2.75, 3.05) is 18.4 Å². The highest BCUT2D eigenvalue weighted by Gasteiger charge is 2.23. The summed E-state index contributed by atoms with van der Waals surface area (Å²) in [5, 5.41) is 6.93.